The lowest BCUT2D eigenvalue weighted by Gasteiger charge is -2.23. The molecular weight excluding hydrogens is 230 g/mol. The number of hydrogen-bond acceptors (Lipinski definition) is 3. The molecule has 2 aromatic rings. The first-order valence-corrected chi connectivity index (χ1v) is 6.37. The molecule has 1 heterocycles. The van der Waals surface area contributed by atoms with Crippen molar-refractivity contribution in [1.29, 1.82) is 0 Å². The van der Waals surface area contributed by atoms with E-state index >= 15 is 0 Å². The molecule has 0 atom stereocenters. The molecule has 1 aromatic heterocycles. The third-order valence-corrected chi connectivity index (χ3v) is 3.40. The number of hydrogen-bond donors (Lipinski definition) is 0. The van der Waals surface area contributed by atoms with E-state index in [-0.39, 0.29) is 0 Å². The molecule has 0 N–H and O–H groups in total. The lowest BCUT2D eigenvalue weighted by Crippen LogP contribution is -2.23. The number of para-hydroxylation sites is 1. The first-order valence-electron chi connectivity index (χ1n) is 5.96. The third kappa shape index (κ3) is 2.07. The van der Waals surface area contributed by atoms with Gasteiger partial charge in [-0.05, 0) is 44.6 Å². The van der Waals surface area contributed by atoms with Gasteiger partial charge in [-0.25, -0.2) is 0 Å². The second kappa shape index (κ2) is 4.88. The minimum absolute atomic E-state index is 0.588. The molecule has 0 aliphatic heterocycles. The molecule has 0 amide bonds. The molecule has 2 rings (SSSR count). The molecule has 0 aliphatic carbocycles. The molecule has 2 nitrogen and oxygen atoms in total. The Balaban J connectivity index is 2.76. The Morgan fingerprint density at radius 3 is 2.47 bits per heavy atom. The molecule has 0 bridgehead atoms. The number of fused-ring (bicyclic) bond motifs is 1. The average molecular weight is 247 g/mol. The van der Waals surface area contributed by atoms with Gasteiger partial charge >= 0.3 is 0 Å². The van der Waals surface area contributed by atoms with Crippen LogP contribution < -0.4 is 4.90 Å². The summed E-state index contributed by atoms with van der Waals surface area (Å²) in [5.41, 5.74) is 3.13. The van der Waals surface area contributed by atoms with E-state index in [0.717, 1.165) is 29.7 Å². The molecule has 0 fully saturated rings. The zero-order valence-electron chi connectivity index (χ0n) is 10.5. The van der Waals surface area contributed by atoms with Crippen molar-refractivity contribution < 1.29 is 4.42 Å². The van der Waals surface area contributed by atoms with E-state index in [1.54, 1.807) is 0 Å². The molecule has 0 spiro atoms. The highest BCUT2D eigenvalue weighted by molar-refractivity contribution is 7.71. The van der Waals surface area contributed by atoms with Crippen molar-refractivity contribution in [1.82, 2.24) is 0 Å². The molecule has 90 valence electrons. The van der Waals surface area contributed by atoms with Gasteiger partial charge in [0.2, 0.25) is 4.71 Å². The van der Waals surface area contributed by atoms with Gasteiger partial charge in [0.25, 0.3) is 0 Å². The van der Waals surface area contributed by atoms with Gasteiger partial charge in [-0.1, -0.05) is 18.2 Å². The van der Waals surface area contributed by atoms with Crippen molar-refractivity contribution in [3.05, 3.63) is 34.5 Å². The van der Waals surface area contributed by atoms with Crippen molar-refractivity contribution in [3.8, 4) is 0 Å². The second-order valence-electron chi connectivity index (χ2n) is 4.03. The number of benzene rings is 1. The van der Waals surface area contributed by atoms with Crippen LogP contribution >= 0.6 is 12.2 Å². The third-order valence-electron chi connectivity index (χ3n) is 3.12. The Labute approximate surface area is 107 Å². The first-order chi connectivity index (χ1) is 8.19. The normalized spacial score (nSPS) is 10.8. The van der Waals surface area contributed by atoms with E-state index in [4.69, 9.17) is 16.6 Å². The summed E-state index contributed by atoms with van der Waals surface area (Å²) in [5, 5.41) is 1.14. The van der Waals surface area contributed by atoms with E-state index in [0.29, 0.717) is 4.71 Å². The zero-order valence-corrected chi connectivity index (χ0v) is 11.3. The summed E-state index contributed by atoms with van der Waals surface area (Å²) in [5.74, 6) is 0. The number of aryl methyl sites for hydroxylation is 1. The van der Waals surface area contributed by atoms with Gasteiger partial charge < -0.3 is 9.32 Å². The van der Waals surface area contributed by atoms with Crippen LogP contribution in [0.2, 0.25) is 0 Å². The van der Waals surface area contributed by atoms with Gasteiger partial charge in [0, 0.05) is 18.5 Å². The highest BCUT2D eigenvalue weighted by atomic mass is 32.1. The van der Waals surface area contributed by atoms with E-state index in [1.807, 2.05) is 18.2 Å². The van der Waals surface area contributed by atoms with Crippen LogP contribution in [0.3, 0.4) is 0 Å². The van der Waals surface area contributed by atoms with Gasteiger partial charge in [0.15, 0.2) is 0 Å². The molecule has 0 aliphatic rings. The fourth-order valence-corrected chi connectivity index (χ4v) is 2.57. The fraction of sp³-hybridized carbons (Fsp3) is 0.357. The van der Waals surface area contributed by atoms with Crippen molar-refractivity contribution >= 4 is 28.9 Å². The quantitative estimate of drug-likeness (QED) is 0.752. The Morgan fingerprint density at radius 1 is 1.18 bits per heavy atom. The summed E-state index contributed by atoms with van der Waals surface area (Å²) in [6.45, 7) is 8.25. The SMILES string of the molecule is CCN(CC)c1c(C)c2ccccc2oc1=S. The molecule has 17 heavy (non-hydrogen) atoms. The van der Waals surface area contributed by atoms with Crippen LogP contribution in [0.5, 0.6) is 0 Å². The van der Waals surface area contributed by atoms with E-state index < -0.39 is 0 Å². The van der Waals surface area contributed by atoms with Crippen molar-refractivity contribution in [2.75, 3.05) is 18.0 Å². The smallest absolute Gasteiger partial charge is 0.214 e. The summed E-state index contributed by atoms with van der Waals surface area (Å²) in [4.78, 5) is 2.24. The maximum absolute atomic E-state index is 5.73. The van der Waals surface area contributed by atoms with Crippen LogP contribution in [0.25, 0.3) is 11.0 Å². The van der Waals surface area contributed by atoms with Gasteiger partial charge in [-0.2, -0.15) is 0 Å². The van der Waals surface area contributed by atoms with Crippen molar-refractivity contribution in [2.24, 2.45) is 0 Å². The Hall–Kier alpha value is -1.35. The fourth-order valence-electron chi connectivity index (χ4n) is 2.20. The van der Waals surface area contributed by atoms with E-state index in [9.17, 15) is 0 Å². The Kier molecular flexibility index (Phi) is 3.48. The zero-order chi connectivity index (χ0) is 12.4. The molecule has 0 saturated carbocycles. The Bertz CT molecular complexity index is 584. The highest BCUT2D eigenvalue weighted by Crippen LogP contribution is 2.29. The summed E-state index contributed by atoms with van der Waals surface area (Å²) < 4.78 is 6.32. The van der Waals surface area contributed by atoms with Gasteiger partial charge in [-0.3, -0.25) is 0 Å². The Morgan fingerprint density at radius 2 is 1.82 bits per heavy atom. The van der Waals surface area contributed by atoms with Crippen molar-refractivity contribution in [2.45, 2.75) is 20.8 Å². The lowest BCUT2D eigenvalue weighted by molar-refractivity contribution is 0.582. The minimum atomic E-state index is 0.588. The largest absolute Gasteiger partial charge is 0.443 e. The molecule has 1 aromatic carbocycles. The van der Waals surface area contributed by atoms with E-state index in [2.05, 4.69) is 31.7 Å². The highest BCUT2D eigenvalue weighted by Gasteiger charge is 2.12. The predicted molar refractivity (Wildman–Crippen MR) is 75.3 cm³/mol. The summed E-state index contributed by atoms with van der Waals surface area (Å²) in [6.07, 6.45) is 0. The molecule has 0 unspecified atom stereocenters. The minimum Gasteiger partial charge on any atom is -0.443 e. The van der Waals surface area contributed by atoms with Crippen LogP contribution in [0.15, 0.2) is 28.7 Å². The van der Waals surface area contributed by atoms with E-state index in [1.165, 1.54) is 5.56 Å². The maximum atomic E-state index is 5.73. The molecule has 0 saturated heterocycles. The van der Waals surface area contributed by atoms with Crippen molar-refractivity contribution in [3.63, 3.8) is 0 Å². The van der Waals surface area contributed by atoms with Crippen LogP contribution in [0.4, 0.5) is 5.69 Å². The lowest BCUT2D eigenvalue weighted by atomic mass is 10.1. The first kappa shape index (κ1) is 12.1. The van der Waals surface area contributed by atoms with Gasteiger partial charge in [-0.15, -0.1) is 0 Å². The number of anilines is 1. The average Bonchev–Trinajstić information content (AvgIpc) is 2.34. The summed E-state index contributed by atoms with van der Waals surface area (Å²) in [6, 6.07) is 8.04. The van der Waals surface area contributed by atoms with Crippen LogP contribution in [0.1, 0.15) is 19.4 Å². The standard InChI is InChI=1S/C14H17NOS/c1-4-15(5-2)13-10(3)11-8-6-7-9-12(11)16-14(13)17/h6-9H,4-5H2,1-3H3. The topological polar surface area (TPSA) is 16.4 Å². The molecule has 3 heteroatoms. The summed E-state index contributed by atoms with van der Waals surface area (Å²) in [7, 11) is 0. The predicted octanol–water partition coefficient (Wildman–Crippen LogP) is 4.32. The molecular formula is C14H17NOS. The molecule has 0 radical (unpaired) electrons. The monoisotopic (exact) mass is 247 g/mol. The number of nitrogens with zero attached hydrogens (tertiary/aromatic N) is 1. The second-order valence-corrected chi connectivity index (χ2v) is 4.40. The summed E-state index contributed by atoms with van der Waals surface area (Å²) >= 11 is 5.37. The van der Waals surface area contributed by atoms with Gasteiger partial charge in [0.05, 0.1) is 5.69 Å². The van der Waals surface area contributed by atoms with Gasteiger partial charge in [0.1, 0.15) is 5.58 Å². The van der Waals surface area contributed by atoms with Crippen LogP contribution in [-0.2, 0) is 0 Å². The number of rotatable bonds is 3. The maximum Gasteiger partial charge on any atom is 0.214 e. The van der Waals surface area contributed by atoms with Crippen LogP contribution in [0, 0.1) is 11.6 Å². The van der Waals surface area contributed by atoms with Crippen LogP contribution in [-0.4, -0.2) is 13.1 Å².